The topological polar surface area (TPSA) is 3.88 Å². The molecule has 0 saturated carbocycles. The third-order valence-corrected chi connectivity index (χ3v) is 3.04. The molecule has 0 amide bonds. The fraction of sp³-hybridized carbons (Fsp3) is 0.667. The second-order valence-electron chi connectivity index (χ2n) is 4.55. The van der Waals surface area contributed by atoms with Crippen molar-refractivity contribution in [2.75, 3.05) is 0 Å². The summed E-state index contributed by atoms with van der Waals surface area (Å²) >= 11 is 0. The van der Waals surface area contributed by atoms with Gasteiger partial charge in [0.1, 0.15) is 6.54 Å². The van der Waals surface area contributed by atoms with Crippen molar-refractivity contribution in [3.05, 3.63) is 30.1 Å². The Morgan fingerprint density at radius 2 is 1.75 bits per heavy atom. The molecule has 0 unspecified atom stereocenters. The van der Waals surface area contributed by atoms with Crippen LogP contribution in [0.3, 0.4) is 0 Å². The van der Waals surface area contributed by atoms with Crippen molar-refractivity contribution in [3.8, 4) is 0 Å². The summed E-state index contributed by atoms with van der Waals surface area (Å²) in [6.07, 6.45) is 11.5. The highest BCUT2D eigenvalue weighted by atomic mass is 14.9. The molecule has 0 saturated heterocycles. The molecule has 0 radical (unpaired) electrons. The Morgan fingerprint density at radius 3 is 2.50 bits per heavy atom. The summed E-state index contributed by atoms with van der Waals surface area (Å²) in [5, 5.41) is 0. The molecule has 0 atom stereocenters. The van der Waals surface area contributed by atoms with Crippen LogP contribution in [0.2, 0.25) is 0 Å². The molecule has 1 nitrogen and oxygen atoms in total. The molecular weight excluding hydrogens is 194 g/mol. The second kappa shape index (κ2) is 8.32. The van der Waals surface area contributed by atoms with Gasteiger partial charge in [-0.1, -0.05) is 39.2 Å². The highest BCUT2D eigenvalue weighted by Crippen LogP contribution is 2.03. The summed E-state index contributed by atoms with van der Waals surface area (Å²) in [4.78, 5) is 0. The van der Waals surface area contributed by atoms with Crippen LogP contribution < -0.4 is 4.57 Å². The van der Waals surface area contributed by atoms with E-state index in [1.54, 1.807) is 0 Å². The number of pyridine rings is 1. The molecule has 0 fully saturated rings. The Morgan fingerprint density at radius 1 is 0.938 bits per heavy atom. The van der Waals surface area contributed by atoms with Gasteiger partial charge in [-0.15, -0.1) is 0 Å². The van der Waals surface area contributed by atoms with E-state index in [9.17, 15) is 0 Å². The van der Waals surface area contributed by atoms with Crippen molar-refractivity contribution in [1.82, 2.24) is 0 Å². The average molecular weight is 220 g/mol. The van der Waals surface area contributed by atoms with Crippen LogP contribution >= 0.6 is 0 Å². The van der Waals surface area contributed by atoms with E-state index in [-0.39, 0.29) is 0 Å². The van der Waals surface area contributed by atoms with Crippen molar-refractivity contribution < 1.29 is 4.57 Å². The van der Waals surface area contributed by atoms with Gasteiger partial charge in [-0.3, -0.25) is 0 Å². The lowest BCUT2D eigenvalue weighted by molar-refractivity contribution is -0.704. The van der Waals surface area contributed by atoms with Gasteiger partial charge in [-0.25, -0.2) is 4.57 Å². The smallest absolute Gasteiger partial charge is 0.181 e. The summed E-state index contributed by atoms with van der Waals surface area (Å²) < 4.78 is 2.43. The first-order valence-electron chi connectivity index (χ1n) is 6.85. The predicted molar refractivity (Wildman–Crippen MR) is 69.4 cm³/mol. The average Bonchev–Trinajstić information content (AvgIpc) is 2.31. The summed E-state index contributed by atoms with van der Waals surface area (Å²) in [6.45, 7) is 5.71. The first kappa shape index (κ1) is 13.2. The number of unbranched alkanes of at least 4 members (excludes halogenated alkanes) is 4. The molecule has 16 heavy (non-hydrogen) atoms. The summed E-state index contributed by atoms with van der Waals surface area (Å²) in [6, 6.07) is 6.55. The lowest BCUT2D eigenvalue weighted by Gasteiger charge is -2.02. The van der Waals surface area contributed by atoms with E-state index < -0.39 is 0 Å². The number of aromatic nitrogens is 1. The van der Waals surface area contributed by atoms with Gasteiger partial charge in [0, 0.05) is 25.0 Å². The van der Waals surface area contributed by atoms with Crippen molar-refractivity contribution in [3.63, 3.8) is 0 Å². The maximum absolute atomic E-state index is 2.43. The molecule has 1 heterocycles. The van der Waals surface area contributed by atoms with Gasteiger partial charge in [0.25, 0.3) is 0 Å². The molecule has 0 spiro atoms. The van der Waals surface area contributed by atoms with Crippen LogP contribution in [-0.2, 0) is 13.0 Å². The summed E-state index contributed by atoms with van der Waals surface area (Å²) in [5.41, 5.74) is 1.49. The van der Waals surface area contributed by atoms with Gasteiger partial charge in [0.2, 0.25) is 0 Å². The Bertz CT molecular complexity index is 281. The zero-order valence-electron chi connectivity index (χ0n) is 10.9. The van der Waals surface area contributed by atoms with Crippen molar-refractivity contribution in [2.24, 2.45) is 0 Å². The molecule has 0 aliphatic rings. The van der Waals surface area contributed by atoms with Gasteiger partial charge < -0.3 is 0 Å². The Kier molecular flexibility index (Phi) is 6.87. The van der Waals surface area contributed by atoms with E-state index in [0.29, 0.717) is 0 Å². The zero-order valence-corrected chi connectivity index (χ0v) is 10.9. The van der Waals surface area contributed by atoms with Crippen molar-refractivity contribution >= 4 is 0 Å². The maximum Gasteiger partial charge on any atom is 0.181 e. The lowest BCUT2D eigenvalue weighted by atomic mass is 10.1. The third kappa shape index (κ3) is 4.78. The molecule has 1 aromatic rings. The third-order valence-electron chi connectivity index (χ3n) is 3.04. The maximum atomic E-state index is 2.43. The summed E-state index contributed by atoms with van der Waals surface area (Å²) in [7, 11) is 0. The molecule has 1 heteroatoms. The molecule has 90 valence electrons. The number of nitrogens with zero attached hydrogens (tertiary/aromatic N) is 1. The van der Waals surface area contributed by atoms with E-state index in [1.165, 1.54) is 57.2 Å². The second-order valence-corrected chi connectivity index (χ2v) is 4.55. The fourth-order valence-corrected chi connectivity index (χ4v) is 2.10. The van der Waals surface area contributed by atoms with Crippen LogP contribution in [0.15, 0.2) is 24.4 Å². The minimum atomic E-state index is 1.19. The minimum Gasteiger partial charge on any atom is -0.202 e. The molecule has 0 bridgehead atoms. The van der Waals surface area contributed by atoms with Crippen molar-refractivity contribution in [1.29, 1.82) is 0 Å². The standard InChI is InChI=1S/C15H26N/c1-3-5-6-7-9-13-16-14-10-8-12-15(16)11-4-2/h8,10,12,14H,3-7,9,11,13H2,1-2H3/q+1. The van der Waals surface area contributed by atoms with Crippen LogP contribution in [0.4, 0.5) is 0 Å². The van der Waals surface area contributed by atoms with Gasteiger partial charge in [0.15, 0.2) is 11.9 Å². The van der Waals surface area contributed by atoms with E-state index in [4.69, 9.17) is 0 Å². The van der Waals surface area contributed by atoms with Gasteiger partial charge in [0.05, 0.1) is 0 Å². The van der Waals surface area contributed by atoms with Crippen molar-refractivity contribution in [2.45, 2.75) is 65.3 Å². The van der Waals surface area contributed by atoms with Crippen LogP contribution in [-0.4, -0.2) is 0 Å². The Labute approximate surface area is 101 Å². The number of hydrogen-bond donors (Lipinski definition) is 0. The van der Waals surface area contributed by atoms with Crippen LogP contribution in [0.25, 0.3) is 0 Å². The zero-order chi connectivity index (χ0) is 11.6. The summed E-state index contributed by atoms with van der Waals surface area (Å²) in [5.74, 6) is 0. The molecule has 0 aromatic carbocycles. The van der Waals surface area contributed by atoms with E-state index >= 15 is 0 Å². The largest absolute Gasteiger partial charge is 0.202 e. The monoisotopic (exact) mass is 220 g/mol. The number of aryl methyl sites for hydroxylation is 2. The molecule has 0 aliphatic carbocycles. The Hall–Kier alpha value is -0.850. The first-order valence-corrected chi connectivity index (χ1v) is 6.85. The quantitative estimate of drug-likeness (QED) is 0.462. The van der Waals surface area contributed by atoms with E-state index in [2.05, 4.69) is 42.8 Å². The van der Waals surface area contributed by atoms with Crippen LogP contribution in [0.5, 0.6) is 0 Å². The fourth-order valence-electron chi connectivity index (χ4n) is 2.10. The molecular formula is C15H26N+. The van der Waals surface area contributed by atoms with Crippen LogP contribution in [0, 0.1) is 0 Å². The highest BCUT2D eigenvalue weighted by Gasteiger charge is 2.07. The minimum absolute atomic E-state index is 1.19. The molecule has 0 aliphatic heterocycles. The lowest BCUT2D eigenvalue weighted by Crippen LogP contribution is -2.37. The van der Waals surface area contributed by atoms with Gasteiger partial charge >= 0.3 is 0 Å². The first-order chi connectivity index (χ1) is 7.88. The van der Waals surface area contributed by atoms with E-state index in [0.717, 1.165) is 0 Å². The Balaban J connectivity index is 2.34. The SMILES string of the molecule is CCCCCCC[n+]1ccccc1CCC. The van der Waals surface area contributed by atoms with E-state index in [1.807, 2.05) is 0 Å². The van der Waals surface area contributed by atoms with Crippen LogP contribution in [0.1, 0.15) is 58.1 Å². The highest BCUT2D eigenvalue weighted by molar-refractivity contribution is 4.97. The number of hydrogen-bond acceptors (Lipinski definition) is 0. The molecule has 1 rings (SSSR count). The predicted octanol–water partition coefficient (Wildman–Crippen LogP) is 3.90. The molecule has 0 N–H and O–H groups in total. The normalized spacial score (nSPS) is 10.6. The van der Waals surface area contributed by atoms with Gasteiger partial charge in [-0.05, 0) is 12.8 Å². The number of rotatable bonds is 8. The van der Waals surface area contributed by atoms with Gasteiger partial charge in [-0.2, -0.15) is 0 Å². The molecule has 1 aromatic heterocycles.